The van der Waals surface area contributed by atoms with Gasteiger partial charge in [0.05, 0.1) is 12.1 Å². The van der Waals surface area contributed by atoms with E-state index in [0.29, 0.717) is 24.6 Å². The normalized spacial score (nSPS) is 16.9. The van der Waals surface area contributed by atoms with Crippen molar-refractivity contribution < 1.29 is 17.9 Å². The Morgan fingerprint density at radius 1 is 1.32 bits per heavy atom. The third-order valence-corrected chi connectivity index (χ3v) is 4.19. The van der Waals surface area contributed by atoms with E-state index in [-0.39, 0.29) is 18.3 Å². The summed E-state index contributed by atoms with van der Waals surface area (Å²) in [6.45, 7) is -1.21. The zero-order valence-electron chi connectivity index (χ0n) is 12.3. The summed E-state index contributed by atoms with van der Waals surface area (Å²) in [6.07, 6.45) is 1.52. The van der Waals surface area contributed by atoms with Crippen LogP contribution in [0.2, 0.25) is 0 Å². The molecule has 1 aromatic carbocycles. The maximum Gasteiger partial charge on any atom is 0.345 e. The van der Waals surface area contributed by atoms with Gasteiger partial charge < -0.3 is 14.2 Å². The number of imidazole rings is 1. The van der Waals surface area contributed by atoms with Crippen molar-refractivity contribution in [2.45, 2.75) is 19.5 Å². The summed E-state index contributed by atoms with van der Waals surface area (Å²) in [5, 5.41) is 0. The molecule has 0 radical (unpaired) electrons. The van der Waals surface area contributed by atoms with E-state index in [1.807, 2.05) is 17.7 Å². The van der Waals surface area contributed by atoms with Gasteiger partial charge in [0.1, 0.15) is 5.52 Å². The first-order valence-corrected chi connectivity index (χ1v) is 7.32. The van der Waals surface area contributed by atoms with E-state index in [1.165, 1.54) is 6.07 Å². The van der Waals surface area contributed by atoms with E-state index in [0.717, 1.165) is 18.4 Å². The van der Waals surface area contributed by atoms with Crippen LogP contribution in [0.3, 0.4) is 0 Å². The van der Waals surface area contributed by atoms with E-state index in [9.17, 15) is 13.2 Å². The number of benzene rings is 1. The summed E-state index contributed by atoms with van der Waals surface area (Å²) in [5.41, 5.74) is 1.11. The van der Waals surface area contributed by atoms with Crippen LogP contribution in [0.25, 0.3) is 11.0 Å². The summed E-state index contributed by atoms with van der Waals surface area (Å²) in [6, 6.07) is 4.89. The number of hydrogen-bond donors (Lipinski definition) is 0. The van der Waals surface area contributed by atoms with Crippen LogP contribution in [-0.2, 0) is 11.8 Å². The highest BCUT2D eigenvalue weighted by atomic mass is 19.3. The number of fused-ring (bicyclic) bond motifs is 1. The SMILES string of the molecule is Cn1c(N2CCC(COC(F)F)CC2)nc2c(F)cccc21. The lowest BCUT2D eigenvalue weighted by atomic mass is 9.98. The van der Waals surface area contributed by atoms with Crippen LogP contribution >= 0.6 is 0 Å². The fraction of sp³-hybridized carbons (Fsp3) is 0.533. The van der Waals surface area contributed by atoms with Gasteiger partial charge in [-0.05, 0) is 30.9 Å². The molecule has 7 heteroatoms. The third kappa shape index (κ3) is 2.90. The standard InChI is InChI=1S/C15H18F3N3O/c1-20-12-4-2-3-11(16)13(12)19-15(20)21-7-5-10(6-8-21)9-22-14(17)18/h2-4,10,14H,5-9H2,1H3. The molecule has 0 N–H and O–H groups in total. The van der Waals surface area contributed by atoms with Crippen molar-refractivity contribution in [1.29, 1.82) is 0 Å². The Morgan fingerprint density at radius 3 is 2.68 bits per heavy atom. The van der Waals surface area contributed by atoms with E-state index >= 15 is 0 Å². The minimum absolute atomic E-state index is 0.0860. The van der Waals surface area contributed by atoms with Gasteiger partial charge in [-0.15, -0.1) is 0 Å². The summed E-state index contributed by atoms with van der Waals surface area (Å²) in [7, 11) is 1.86. The summed E-state index contributed by atoms with van der Waals surface area (Å²) in [5.74, 6) is 0.518. The van der Waals surface area contributed by atoms with E-state index < -0.39 is 6.61 Å². The Labute approximate surface area is 126 Å². The maximum absolute atomic E-state index is 13.8. The fourth-order valence-corrected chi connectivity index (χ4v) is 2.96. The second kappa shape index (κ2) is 6.16. The molecule has 1 fully saturated rings. The van der Waals surface area contributed by atoms with Gasteiger partial charge >= 0.3 is 6.61 Å². The van der Waals surface area contributed by atoms with Gasteiger partial charge in [-0.1, -0.05) is 6.07 Å². The van der Waals surface area contributed by atoms with Gasteiger partial charge in [-0.3, -0.25) is 0 Å². The molecule has 0 bridgehead atoms. The lowest BCUT2D eigenvalue weighted by molar-refractivity contribution is -0.139. The van der Waals surface area contributed by atoms with Gasteiger partial charge in [0.15, 0.2) is 5.82 Å². The zero-order chi connectivity index (χ0) is 15.7. The molecular weight excluding hydrogens is 295 g/mol. The maximum atomic E-state index is 13.8. The predicted octanol–water partition coefficient (Wildman–Crippen LogP) is 3.17. The van der Waals surface area contributed by atoms with Crippen LogP contribution in [0, 0.1) is 11.7 Å². The first kappa shape index (κ1) is 15.1. The Bertz CT molecular complexity index is 651. The number of halogens is 3. The molecule has 0 unspecified atom stereocenters. The molecule has 120 valence electrons. The van der Waals surface area contributed by atoms with Crippen LogP contribution in [0.1, 0.15) is 12.8 Å². The van der Waals surface area contributed by atoms with Crippen LogP contribution < -0.4 is 4.90 Å². The fourth-order valence-electron chi connectivity index (χ4n) is 2.96. The van der Waals surface area contributed by atoms with Crippen molar-refractivity contribution >= 4 is 17.0 Å². The minimum Gasteiger partial charge on any atom is -0.342 e. The van der Waals surface area contributed by atoms with Crippen molar-refractivity contribution in [3.05, 3.63) is 24.0 Å². The van der Waals surface area contributed by atoms with E-state index in [1.54, 1.807) is 6.07 Å². The van der Waals surface area contributed by atoms with Gasteiger partial charge in [0.2, 0.25) is 5.95 Å². The molecule has 0 saturated carbocycles. The van der Waals surface area contributed by atoms with Gasteiger partial charge in [0, 0.05) is 20.1 Å². The summed E-state index contributed by atoms with van der Waals surface area (Å²) in [4.78, 5) is 6.47. The molecule has 1 aliphatic heterocycles. The first-order chi connectivity index (χ1) is 10.6. The van der Waals surface area contributed by atoms with Crippen molar-refractivity contribution in [3.63, 3.8) is 0 Å². The van der Waals surface area contributed by atoms with Gasteiger partial charge in [0.25, 0.3) is 0 Å². The lowest BCUT2D eigenvalue weighted by Gasteiger charge is -2.32. The largest absolute Gasteiger partial charge is 0.345 e. The highest BCUT2D eigenvalue weighted by Gasteiger charge is 2.24. The van der Waals surface area contributed by atoms with Gasteiger partial charge in [-0.2, -0.15) is 8.78 Å². The number of aryl methyl sites for hydroxylation is 1. The Kier molecular flexibility index (Phi) is 4.24. The van der Waals surface area contributed by atoms with E-state index in [2.05, 4.69) is 14.6 Å². The number of piperidine rings is 1. The molecule has 1 aromatic heterocycles. The van der Waals surface area contributed by atoms with Crippen molar-refractivity contribution in [1.82, 2.24) is 9.55 Å². The molecule has 3 rings (SSSR count). The van der Waals surface area contributed by atoms with Crippen molar-refractivity contribution in [2.24, 2.45) is 13.0 Å². The van der Waals surface area contributed by atoms with Gasteiger partial charge in [-0.25, -0.2) is 9.37 Å². The molecule has 0 amide bonds. The molecule has 0 spiro atoms. The molecule has 0 aliphatic carbocycles. The average Bonchev–Trinajstić information content (AvgIpc) is 2.85. The predicted molar refractivity (Wildman–Crippen MR) is 77.6 cm³/mol. The van der Waals surface area contributed by atoms with Crippen LogP contribution in [0.4, 0.5) is 19.1 Å². The molecular formula is C15H18F3N3O. The molecule has 2 heterocycles. The van der Waals surface area contributed by atoms with Crippen LogP contribution in [0.5, 0.6) is 0 Å². The first-order valence-electron chi connectivity index (χ1n) is 7.32. The molecule has 4 nitrogen and oxygen atoms in total. The monoisotopic (exact) mass is 313 g/mol. The summed E-state index contributed by atoms with van der Waals surface area (Å²) >= 11 is 0. The number of aromatic nitrogens is 2. The Morgan fingerprint density at radius 2 is 2.05 bits per heavy atom. The quantitative estimate of drug-likeness (QED) is 0.868. The number of anilines is 1. The summed E-state index contributed by atoms with van der Waals surface area (Å²) < 4.78 is 44.2. The molecule has 22 heavy (non-hydrogen) atoms. The topological polar surface area (TPSA) is 30.3 Å². The highest BCUT2D eigenvalue weighted by Crippen LogP contribution is 2.27. The highest BCUT2D eigenvalue weighted by molar-refractivity contribution is 5.79. The molecule has 2 aromatic rings. The number of nitrogens with zero attached hydrogens (tertiary/aromatic N) is 3. The number of para-hydroxylation sites is 1. The smallest absolute Gasteiger partial charge is 0.342 e. The molecule has 1 saturated heterocycles. The number of alkyl halides is 2. The Hall–Kier alpha value is -1.76. The average molecular weight is 313 g/mol. The van der Waals surface area contributed by atoms with Crippen molar-refractivity contribution in [2.75, 3.05) is 24.6 Å². The zero-order valence-corrected chi connectivity index (χ0v) is 12.3. The third-order valence-electron chi connectivity index (χ3n) is 4.19. The lowest BCUT2D eigenvalue weighted by Crippen LogP contribution is -2.36. The second-order valence-electron chi connectivity index (χ2n) is 5.60. The Balaban J connectivity index is 1.71. The number of ether oxygens (including phenoxy) is 1. The number of hydrogen-bond acceptors (Lipinski definition) is 3. The molecule has 1 aliphatic rings. The molecule has 0 atom stereocenters. The van der Waals surface area contributed by atoms with Crippen LogP contribution in [0.15, 0.2) is 18.2 Å². The van der Waals surface area contributed by atoms with E-state index in [4.69, 9.17) is 0 Å². The van der Waals surface area contributed by atoms with Crippen LogP contribution in [-0.4, -0.2) is 35.9 Å². The van der Waals surface area contributed by atoms with Crippen molar-refractivity contribution in [3.8, 4) is 0 Å². The number of rotatable bonds is 4. The second-order valence-corrected chi connectivity index (χ2v) is 5.60. The minimum atomic E-state index is -2.71.